The van der Waals surface area contributed by atoms with Gasteiger partial charge in [0.05, 0.1) is 12.6 Å². The second kappa shape index (κ2) is 9.89. The first-order valence-corrected chi connectivity index (χ1v) is 9.05. The molecule has 136 valence electrons. The van der Waals surface area contributed by atoms with Gasteiger partial charge in [-0.05, 0) is 42.3 Å². The number of hydrogen-bond donors (Lipinski definition) is 3. The van der Waals surface area contributed by atoms with Gasteiger partial charge < -0.3 is 10.4 Å². The minimum atomic E-state index is -2.81. The van der Waals surface area contributed by atoms with Crippen molar-refractivity contribution in [1.29, 1.82) is 0 Å². The highest BCUT2D eigenvalue weighted by Crippen LogP contribution is 2.19. The average Bonchev–Trinajstić information content (AvgIpc) is 2.64. The molecular formula is C18H20N2O5P+. The Hall–Kier alpha value is -2.44. The van der Waals surface area contributed by atoms with Gasteiger partial charge >= 0.3 is 8.25 Å². The van der Waals surface area contributed by atoms with E-state index >= 15 is 0 Å². The number of aliphatic hydroxyl groups is 1. The molecule has 1 aromatic carbocycles. The van der Waals surface area contributed by atoms with Crippen LogP contribution in [0.15, 0.2) is 48.8 Å². The van der Waals surface area contributed by atoms with E-state index in [0.717, 1.165) is 11.1 Å². The summed E-state index contributed by atoms with van der Waals surface area (Å²) in [5.74, 6) is -0.405. The van der Waals surface area contributed by atoms with Crippen LogP contribution in [0.25, 0.3) is 12.2 Å². The average molecular weight is 375 g/mol. The molecule has 3 atom stereocenters. The van der Waals surface area contributed by atoms with E-state index in [0.29, 0.717) is 5.56 Å². The topological polar surface area (TPSA) is 109 Å². The minimum Gasteiger partial charge on any atom is -0.394 e. The Kier molecular flexibility index (Phi) is 7.56. The van der Waals surface area contributed by atoms with Crippen LogP contribution >= 0.6 is 8.25 Å². The molecule has 0 saturated carbocycles. The highest BCUT2D eigenvalue weighted by Gasteiger charge is 2.28. The van der Waals surface area contributed by atoms with Gasteiger partial charge in [0.2, 0.25) is 0 Å². The van der Waals surface area contributed by atoms with Crippen molar-refractivity contribution in [2.24, 2.45) is 0 Å². The highest BCUT2D eigenvalue weighted by atomic mass is 31.1. The molecule has 0 aliphatic carbocycles. The van der Waals surface area contributed by atoms with Crippen LogP contribution in [0.4, 0.5) is 0 Å². The fourth-order valence-electron chi connectivity index (χ4n) is 2.19. The van der Waals surface area contributed by atoms with Gasteiger partial charge in [-0.3, -0.25) is 9.78 Å². The number of carbonyl (C=O) groups is 1. The molecule has 8 heteroatoms. The number of pyridine rings is 1. The zero-order valence-corrected chi connectivity index (χ0v) is 15.0. The predicted octanol–water partition coefficient (Wildman–Crippen LogP) is 2.40. The molecule has 2 aromatic rings. The van der Waals surface area contributed by atoms with E-state index < -0.39 is 32.9 Å². The number of rotatable bonds is 8. The first-order valence-electron chi connectivity index (χ1n) is 7.92. The van der Waals surface area contributed by atoms with Gasteiger partial charge in [0.15, 0.2) is 0 Å². The SMILES string of the molecule is C[C@H](O[P+](=O)O)[C@H](CO)NC(=O)c1ccc(/C=C/c2ccncc2)cc1. The zero-order chi connectivity index (χ0) is 18.9. The maximum Gasteiger partial charge on any atom is 0.695 e. The van der Waals surface area contributed by atoms with Gasteiger partial charge in [0.25, 0.3) is 5.91 Å². The normalized spacial score (nSPS) is 14.0. The Morgan fingerprint density at radius 1 is 1.19 bits per heavy atom. The number of nitrogens with zero attached hydrogens (tertiary/aromatic N) is 1. The van der Waals surface area contributed by atoms with Gasteiger partial charge in [0, 0.05) is 22.5 Å². The Labute approximate surface area is 152 Å². The summed E-state index contributed by atoms with van der Waals surface area (Å²) in [6, 6.07) is 9.89. The van der Waals surface area contributed by atoms with E-state index in [1.54, 1.807) is 36.7 Å². The maximum atomic E-state index is 12.3. The summed E-state index contributed by atoms with van der Waals surface area (Å²) in [6.45, 7) is 1.08. The lowest BCUT2D eigenvalue weighted by atomic mass is 10.1. The summed E-state index contributed by atoms with van der Waals surface area (Å²) >= 11 is 0. The molecule has 0 saturated heterocycles. The van der Waals surface area contributed by atoms with Gasteiger partial charge in [-0.15, -0.1) is 9.42 Å². The molecular weight excluding hydrogens is 355 g/mol. The third-order valence-electron chi connectivity index (χ3n) is 3.68. The van der Waals surface area contributed by atoms with E-state index in [1.807, 2.05) is 24.3 Å². The Balaban J connectivity index is 1.99. The molecule has 26 heavy (non-hydrogen) atoms. The van der Waals surface area contributed by atoms with Gasteiger partial charge in [-0.1, -0.05) is 24.3 Å². The third kappa shape index (κ3) is 6.13. The lowest BCUT2D eigenvalue weighted by Gasteiger charge is -2.18. The molecule has 0 fully saturated rings. The van der Waals surface area contributed by atoms with Crippen molar-refractivity contribution in [3.63, 3.8) is 0 Å². The molecule has 2 rings (SSSR count). The van der Waals surface area contributed by atoms with Crippen LogP contribution in [-0.4, -0.2) is 39.6 Å². The molecule has 0 radical (unpaired) electrons. The molecule has 1 amide bonds. The van der Waals surface area contributed by atoms with Crippen LogP contribution in [0.3, 0.4) is 0 Å². The largest absolute Gasteiger partial charge is 0.695 e. The summed E-state index contributed by atoms with van der Waals surface area (Å²) in [7, 11) is -2.81. The molecule has 1 aromatic heterocycles. The van der Waals surface area contributed by atoms with E-state index in [9.17, 15) is 14.5 Å². The highest BCUT2D eigenvalue weighted by molar-refractivity contribution is 7.32. The predicted molar refractivity (Wildman–Crippen MR) is 98.3 cm³/mol. The van der Waals surface area contributed by atoms with Gasteiger partial charge in [-0.2, -0.15) is 0 Å². The Morgan fingerprint density at radius 3 is 2.31 bits per heavy atom. The quantitative estimate of drug-likeness (QED) is 0.612. The third-order valence-corrected chi connectivity index (χ3v) is 4.20. The first-order chi connectivity index (χ1) is 12.5. The van der Waals surface area contributed by atoms with Crippen LogP contribution in [0.5, 0.6) is 0 Å². The van der Waals surface area contributed by atoms with Crippen molar-refractivity contribution < 1.29 is 23.9 Å². The molecule has 0 bridgehead atoms. The Morgan fingerprint density at radius 2 is 1.77 bits per heavy atom. The van der Waals surface area contributed by atoms with Crippen molar-refractivity contribution >= 4 is 26.3 Å². The van der Waals surface area contributed by atoms with Crippen LogP contribution in [0.1, 0.15) is 28.4 Å². The monoisotopic (exact) mass is 375 g/mol. The summed E-state index contributed by atoms with van der Waals surface area (Å²) in [5.41, 5.74) is 2.35. The number of amides is 1. The first kappa shape index (κ1) is 19.9. The number of aliphatic hydroxyl groups excluding tert-OH is 1. The van der Waals surface area contributed by atoms with Crippen LogP contribution in [0.2, 0.25) is 0 Å². The van der Waals surface area contributed by atoms with E-state index in [1.165, 1.54) is 6.92 Å². The summed E-state index contributed by atoms with van der Waals surface area (Å²) < 4.78 is 15.4. The minimum absolute atomic E-state index is 0.405. The van der Waals surface area contributed by atoms with Gasteiger partial charge in [-0.25, -0.2) is 0 Å². The molecule has 3 N–H and O–H groups in total. The summed E-state index contributed by atoms with van der Waals surface area (Å²) in [4.78, 5) is 25.0. The molecule has 1 heterocycles. The number of nitrogens with one attached hydrogen (secondary N) is 1. The van der Waals surface area contributed by atoms with Crippen LogP contribution in [-0.2, 0) is 9.09 Å². The summed E-state index contributed by atoms with van der Waals surface area (Å²) in [5, 5.41) is 11.9. The number of aromatic nitrogens is 1. The molecule has 1 unspecified atom stereocenters. The zero-order valence-electron chi connectivity index (χ0n) is 14.1. The van der Waals surface area contributed by atoms with Crippen molar-refractivity contribution in [2.45, 2.75) is 19.1 Å². The molecule has 0 spiro atoms. The number of benzene rings is 1. The maximum absolute atomic E-state index is 12.3. The van der Waals surface area contributed by atoms with Crippen molar-refractivity contribution in [1.82, 2.24) is 10.3 Å². The smallest absolute Gasteiger partial charge is 0.394 e. The van der Waals surface area contributed by atoms with Crippen LogP contribution < -0.4 is 5.32 Å². The lowest BCUT2D eigenvalue weighted by molar-refractivity contribution is 0.0800. The van der Waals surface area contributed by atoms with E-state index in [-0.39, 0.29) is 0 Å². The fourth-order valence-corrected chi connectivity index (χ4v) is 2.62. The standard InChI is InChI=1S/C18H19N2O5P/c1-13(25-26(23)24)17(12-21)20-18(22)16-6-4-14(5-7-16)2-3-15-8-10-19-11-9-15/h2-11,13,17,21H,12H2,1H3,(H-,20,22,23,24)/p+1/b3-2+/t13-,17-/m0/s1. The van der Waals surface area contributed by atoms with E-state index in [2.05, 4.69) is 10.3 Å². The lowest BCUT2D eigenvalue weighted by Crippen LogP contribution is -2.45. The second-order valence-corrected chi connectivity index (χ2v) is 6.23. The fraction of sp³-hybridized carbons (Fsp3) is 0.222. The van der Waals surface area contributed by atoms with E-state index in [4.69, 9.17) is 9.42 Å². The second-order valence-electron chi connectivity index (χ2n) is 5.55. The number of carbonyl (C=O) groups excluding carboxylic acids is 1. The van der Waals surface area contributed by atoms with Gasteiger partial charge in [0.1, 0.15) is 6.10 Å². The van der Waals surface area contributed by atoms with Crippen molar-refractivity contribution in [2.75, 3.05) is 6.61 Å². The van der Waals surface area contributed by atoms with Crippen molar-refractivity contribution in [3.05, 3.63) is 65.5 Å². The molecule has 0 aliphatic rings. The molecule has 7 nitrogen and oxygen atoms in total. The Bertz CT molecular complexity index is 765. The van der Waals surface area contributed by atoms with Crippen molar-refractivity contribution in [3.8, 4) is 0 Å². The summed E-state index contributed by atoms with van der Waals surface area (Å²) in [6.07, 6.45) is 6.47. The molecule has 0 aliphatic heterocycles. The van der Waals surface area contributed by atoms with Crippen LogP contribution in [0, 0.1) is 0 Å². The number of hydrogen-bond acceptors (Lipinski definition) is 5.